The van der Waals surface area contributed by atoms with E-state index in [0.29, 0.717) is 6.42 Å². The van der Waals surface area contributed by atoms with Gasteiger partial charge in [0.05, 0.1) is 0 Å². The van der Waals surface area contributed by atoms with E-state index in [2.05, 4.69) is 0 Å². The van der Waals surface area contributed by atoms with Crippen LogP contribution in [0.15, 0.2) is 16.5 Å². The van der Waals surface area contributed by atoms with Crippen molar-refractivity contribution in [3.05, 3.63) is 23.7 Å². The van der Waals surface area contributed by atoms with E-state index < -0.39 is 0 Å². The van der Waals surface area contributed by atoms with E-state index in [1.165, 1.54) is 0 Å². The highest BCUT2D eigenvalue weighted by Crippen LogP contribution is 2.12. The van der Waals surface area contributed by atoms with Crippen molar-refractivity contribution in [1.82, 2.24) is 0 Å². The van der Waals surface area contributed by atoms with Crippen LogP contribution in [0.4, 0.5) is 0 Å². The number of aliphatic hydroxyl groups excluding tert-OH is 1. The molecule has 0 aliphatic rings. The van der Waals surface area contributed by atoms with Crippen molar-refractivity contribution < 1.29 is 14.3 Å². The molecule has 1 rings (SSSR count). The molecule has 0 saturated carbocycles. The first-order valence-electron chi connectivity index (χ1n) is 5.49. The average molecular weight is 210 g/mol. The summed E-state index contributed by atoms with van der Waals surface area (Å²) in [5, 5.41) is 8.63. The fourth-order valence-electron chi connectivity index (χ4n) is 1.46. The summed E-state index contributed by atoms with van der Waals surface area (Å²) < 4.78 is 5.58. The summed E-state index contributed by atoms with van der Waals surface area (Å²) in [5.74, 6) is 1.93. The second-order valence-corrected chi connectivity index (χ2v) is 3.61. The summed E-state index contributed by atoms with van der Waals surface area (Å²) >= 11 is 0. The van der Waals surface area contributed by atoms with E-state index in [-0.39, 0.29) is 6.61 Å². The van der Waals surface area contributed by atoms with E-state index in [9.17, 15) is 4.79 Å². The number of carbonyl (C=O) groups is 1. The van der Waals surface area contributed by atoms with E-state index >= 15 is 0 Å². The van der Waals surface area contributed by atoms with Gasteiger partial charge in [0.15, 0.2) is 0 Å². The molecule has 1 heterocycles. The number of carbonyl (C=O) groups excluding carboxylic acids is 1. The van der Waals surface area contributed by atoms with Gasteiger partial charge in [0.2, 0.25) is 0 Å². The molecule has 84 valence electrons. The SMILES string of the molecule is O=CCCCc1ccc(CCCCO)o1. The standard InChI is InChI=1S/C12H18O3/c13-9-3-1-5-11-7-8-12(15-11)6-2-4-10-14/h7-9,14H,1-6,10H2. The molecule has 0 bridgehead atoms. The highest BCUT2D eigenvalue weighted by molar-refractivity contribution is 5.49. The van der Waals surface area contributed by atoms with Crippen LogP contribution < -0.4 is 0 Å². The molecule has 0 amide bonds. The van der Waals surface area contributed by atoms with E-state index in [0.717, 1.165) is 49.9 Å². The number of unbranched alkanes of at least 4 members (excludes halogenated alkanes) is 2. The van der Waals surface area contributed by atoms with Crippen molar-refractivity contribution in [3.63, 3.8) is 0 Å². The lowest BCUT2D eigenvalue weighted by molar-refractivity contribution is -0.107. The number of hydrogen-bond donors (Lipinski definition) is 1. The number of furan rings is 1. The second kappa shape index (κ2) is 7.23. The molecular weight excluding hydrogens is 192 g/mol. The van der Waals surface area contributed by atoms with Gasteiger partial charge in [-0.3, -0.25) is 0 Å². The maximum absolute atomic E-state index is 10.1. The Morgan fingerprint density at radius 1 is 1.13 bits per heavy atom. The van der Waals surface area contributed by atoms with Crippen molar-refractivity contribution in [1.29, 1.82) is 0 Å². The van der Waals surface area contributed by atoms with Crippen molar-refractivity contribution in [2.24, 2.45) is 0 Å². The largest absolute Gasteiger partial charge is 0.466 e. The number of aldehydes is 1. The summed E-state index contributed by atoms with van der Waals surface area (Å²) in [6.07, 6.45) is 5.88. The Morgan fingerprint density at radius 3 is 2.40 bits per heavy atom. The molecule has 0 saturated heterocycles. The van der Waals surface area contributed by atoms with E-state index in [1.54, 1.807) is 0 Å². The third-order valence-electron chi connectivity index (χ3n) is 2.29. The van der Waals surface area contributed by atoms with Crippen LogP contribution in [0, 0.1) is 0 Å². The van der Waals surface area contributed by atoms with Gasteiger partial charge in [-0.1, -0.05) is 0 Å². The van der Waals surface area contributed by atoms with Gasteiger partial charge in [-0.25, -0.2) is 0 Å². The summed E-state index contributed by atoms with van der Waals surface area (Å²) in [6, 6.07) is 3.95. The Bertz CT molecular complexity index is 278. The number of rotatable bonds is 8. The van der Waals surface area contributed by atoms with Crippen LogP contribution in [0.3, 0.4) is 0 Å². The van der Waals surface area contributed by atoms with E-state index in [1.807, 2.05) is 12.1 Å². The maximum Gasteiger partial charge on any atom is 0.120 e. The van der Waals surface area contributed by atoms with Gasteiger partial charge in [-0.15, -0.1) is 0 Å². The molecule has 0 spiro atoms. The molecular formula is C12H18O3. The first kappa shape index (κ1) is 12.0. The van der Waals surface area contributed by atoms with Crippen LogP contribution in [0.2, 0.25) is 0 Å². The van der Waals surface area contributed by atoms with Crippen LogP contribution >= 0.6 is 0 Å². The minimum atomic E-state index is 0.243. The first-order valence-corrected chi connectivity index (χ1v) is 5.49. The molecule has 1 aromatic heterocycles. The minimum Gasteiger partial charge on any atom is -0.466 e. The lowest BCUT2D eigenvalue weighted by Crippen LogP contribution is -1.86. The van der Waals surface area contributed by atoms with Gasteiger partial charge in [-0.2, -0.15) is 0 Å². The predicted octanol–water partition coefficient (Wildman–Crippen LogP) is 2.12. The van der Waals surface area contributed by atoms with Gasteiger partial charge >= 0.3 is 0 Å². The van der Waals surface area contributed by atoms with Gasteiger partial charge in [-0.05, 0) is 31.4 Å². The summed E-state index contributed by atoms with van der Waals surface area (Å²) in [6.45, 7) is 0.243. The lowest BCUT2D eigenvalue weighted by atomic mass is 10.2. The van der Waals surface area contributed by atoms with Crippen LogP contribution in [-0.4, -0.2) is 18.0 Å². The number of aliphatic hydroxyl groups is 1. The molecule has 0 aromatic carbocycles. The molecule has 0 atom stereocenters. The Morgan fingerprint density at radius 2 is 1.80 bits per heavy atom. The van der Waals surface area contributed by atoms with Crippen LogP contribution in [0.25, 0.3) is 0 Å². The van der Waals surface area contributed by atoms with Crippen LogP contribution in [0.1, 0.15) is 37.2 Å². The topological polar surface area (TPSA) is 50.4 Å². The Labute approximate surface area is 90.1 Å². The monoisotopic (exact) mass is 210 g/mol. The van der Waals surface area contributed by atoms with E-state index in [4.69, 9.17) is 9.52 Å². The number of aryl methyl sites for hydroxylation is 2. The zero-order chi connectivity index (χ0) is 10.9. The summed E-state index contributed by atoms with van der Waals surface area (Å²) in [4.78, 5) is 10.1. The lowest BCUT2D eigenvalue weighted by Gasteiger charge is -1.96. The van der Waals surface area contributed by atoms with Gasteiger partial charge in [0.25, 0.3) is 0 Å². The Hall–Kier alpha value is -1.09. The quantitative estimate of drug-likeness (QED) is 0.528. The van der Waals surface area contributed by atoms with Crippen molar-refractivity contribution in [3.8, 4) is 0 Å². The molecule has 0 aliphatic carbocycles. The van der Waals surface area contributed by atoms with Crippen molar-refractivity contribution >= 4 is 6.29 Å². The summed E-state index contributed by atoms with van der Waals surface area (Å²) in [7, 11) is 0. The molecule has 15 heavy (non-hydrogen) atoms. The second-order valence-electron chi connectivity index (χ2n) is 3.61. The molecule has 1 aromatic rings. The highest BCUT2D eigenvalue weighted by atomic mass is 16.3. The molecule has 3 heteroatoms. The predicted molar refractivity (Wildman–Crippen MR) is 57.7 cm³/mol. The van der Waals surface area contributed by atoms with Gasteiger partial charge in [0.1, 0.15) is 17.8 Å². The Kier molecular flexibility index (Phi) is 5.78. The Balaban J connectivity index is 2.25. The van der Waals surface area contributed by atoms with Crippen molar-refractivity contribution in [2.75, 3.05) is 6.61 Å². The molecule has 0 aliphatic heterocycles. The normalized spacial score (nSPS) is 10.5. The molecule has 3 nitrogen and oxygen atoms in total. The third kappa shape index (κ3) is 4.79. The number of hydrogen-bond acceptors (Lipinski definition) is 3. The molecule has 0 fully saturated rings. The fourth-order valence-corrected chi connectivity index (χ4v) is 1.46. The minimum absolute atomic E-state index is 0.243. The highest BCUT2D eigenvalue weighted by Gasteiger charge is 2.01. The smallest absolute Gasteiger partial charge is 0.120 e. The fraction of sp³-hybridized carbons (Fsp3) is 0.583. The van der Waals surface area contributed by atoms with Gasteiger partial charge < -0.3 is 14.3 Å². The average Bonchev–Trinajstić information content (AvgIpc) is 2.67. The molecule has 0 radical (unpaired) electrons. The summed E-state index contributed by atoms with van der Waals surface area (Å²) in [5.41, 5.74) is 0. The van der Waals surface area contributed by atoms with Crippen LogP contribution in [-0.2, 0) is 17.6 Å². The zero-order valence-electron chi connectivity index (χ0n) is 8.95. The third-order valence-corrected chi connectivity index (χ3v) is 2.29. The molecule has 0 unspecified atom stereocenters. The first-order chi connectivity index (χ1) is 7.36. The zero-order valence-corrected chi connectivity index (χ0v) is 8.95. The maximum atomic E-state index is 10.1. The van der Waals surface area contributed by atoms with Gasteiger partial charge in [0, 0.05) is 25.9 Å². The molecule has 1 N–H and O–H groups in total. The van der Waals surface area contributed by atoms with Crippen LogP contribution in [0.5, 0.6) is 0 Å². The van der Waals surface area contributed by atoms with Crippen molar-refractivity contribution in [2.45, 2.75) is 38.5 Å².